The number of tetrazole rings is 1. The standard InChI is InChI=1S/C10H10ClN7S/c11-7-1-3-8(4-2-7)18-9(14-16-17-18)5-6-13-15-10(12)19/h1-4,6H,5H2,(H3,12,15,19). The van der Waals surface area contributed by atoms with E-state index in [1.807, 2.05) is 12.1 Å². The Hall–Kier alpha value is -2.06. The molecule has 0 amide bonds. The van der Waals surface area contributed by atoms with Crippen LogP contribution in [-0.4, -0.2) is 31.5 Å². The summed E-state index contributed by atoms with van der Waals surface area (Å²) in [6.45, 7) is 0. The zero-order valence-corrected chi connectivity index (χ0v) is 11.3. The molecule has 9 heteroatoms. The predicted molar refractivity (Wildman–Crippen MR) is 76.3 cm³/mol. The van der Waals surface area contributed by atoms with E-state index in [4.69, 9.17) is 17.3 Å². The molecule has 0 fully saturated rings. The number of rotatable bonds is 4. The summed E-state index contributed by atoms with van der Waals surface area (Å²) < 4.78 is 1.60. The number of nitrogens with one attached hydrogen (secondary N) is 1. The Bertz CT molecular complexity index is 592. The molecule has 1 heterocycles. The second-order valence-corrected chi connectivity index (χ2v) is 4.35. The van der Waals surface area contributed by atoms with Gasteiger partial charge in [0.2, 0.25) is 0 Å². The first-order valence-electron chi connectivity index (χ1n) is 5.27. The lowest BCUT2D eigenvalue weighted by Crippen LogP contribution is -2.24. The van der Waals surface area contributed by atoms with E-state index >= 15 is 0 Å². The molecule has 0 aliphatic rings. The van der Waals surface area contributed by atoms with Crippen LogP contribution in [-0.2, 0) is 6.42 Å². The molecule has 2 aromatic rings. The van der Waals surface area contributed by atoms with Gasteiger partial charge in [-0.3, -0.25) is 5.43 Å². The van der Waals surface area contributed by atoms with Gasteiger partial charge in [-0.15, -0.1) is 5.10 Å². The van der Waals surface area contributed by atoms with Crippen LogP contribution in [0.25, 0.3) is 5.69 Å². The van der Waals surface area contributed by atoms with E-state index in [-0.39, 0.29) is 5.11 Å². The Morgan fingerprint density at radius 3 is 2.89 bits per heavy atom. The highest BCUT2D eigenvalue weighted by Crippen LogP contribution is 2.13. The van der Waals surface area contributed by atoms with Crippen LogP contribution < -0.4 is 11.2 Å². The Balaban J connectivity index is 2.11. The Kier molecular flexibility index (Phi) is 4.37. The number of thiocarbonyl (C=S) groups is 1. The molecule has 98 valence electrons. The number of hydrogen-bond donors (Lipinski definition) is 2. The SMILES string of the molecule is NC(=S)NN=CCc1nnnn1-c1ccc(Cl)cc1. The summed E-state index contributed by atoms with van der Waals surface area (Å²) >= 11 is 10.4. The van der Waals surface area contributed by atoms with Gasteiger partial charge in [0.05, 0.1) is 5.69 Å². The average molecular weight is 296 g/mol. The van der Waals surface area contributed by atoms with Gasteiger partial charge in [-0.2, -0.15) is 9.78 Å². The second kappa shape index (κ2) is 6.21. The van der Waals surface area contributed by atoms with Gasteiger partial charge in [0.1, 0.15) is 0 Å². The zero-order chi connectivity index (χ0) is 13.7. The number of benzene rings is 1. The van der Waals surface area contributed by atoms with Gasteiger partial charge < -0.3 is 5.73 Å². The van der Waals surface area contributed by atoms with Crippen LogP contribution in [0.3, 0.4) is 0 Å². The van der Waals surface area contributed by atoms with Gasteiger partial charge in [-0.05, 0) is 46.9 Å². The third-order valence-corrected chi connectivity index (χ3v) is 2.49. The summed E-state index contributed by atoms with van der Waals surface area (Å²) in [5, 5.41) is 16.0. The van der Waals surface area contributed by atoms with Gasteiger partial charge in [-0.1, -0.05) is 11.6 Å². The Morgan fingerprint density at radius 1 is 1.47 bits per heavy atom. The molecule has 0 atom stereocenters. The highest BCUT2D eigenvalue weighted by Gasteiger charge is 2.06. The van der Waals surface area contributed by atoms with Crippen molar-refractivity contribution in [3.8, 4) is 5.69 Å². The van der Waals surface area contributed by atoms with E-state index in [9.17, 15) is 0 Å². The lowest BCUT2D eigenvalue weighted by Gasteiger charge is -2.02. The van der Waals surface area contributed by atoms with Gasteiger partial charge in [0.15, 0.2) is 10.9 Å². The van der Waals surface area contributed by atoms with E-state index in [1.54, 1.807) is 23.0 Å². The summed E-state index contributed by atoms with van der Waals surface area (Å²) in [4.78, 5) is 0. The lowest BCUT2D eigenvalue weighted by atomic mass is 10.3. The van der Waals surface area contributed by atoms with Crippen LogP contribution in [0.4, 0.5) is 0 Å². The Labute approximate surface area is 119 Å². The summed E-state index contributed by atoms with van der Waals surface area (Å²) in [5.41, 5.74) is 8.51. The number of nitrogens with two attached hydrogens (primary N) is 1. The molecule has 7 nitrogen and oxygen atoms in total. The molecule has 0 bridgehead atoms. The molecule has 0 saturated carbocycles. The molecule has 0 radical (unpaired) electrons. The minimum atomic E-state index is 0.105. The van der Waals surface area contributed by atoms with E-state index in [0.29, 0.717) is 17.3 Å². The first kappa shape index (κ1) is 13.4. The van der Waals surface area contributed by atoms with Crippen LogP contribution in [0.2, 0.25) is 5.02 Å². The zero-order valence-electron chi connectivity index (χ0n) is 9.69. The van der Waals surface area contributed by atoms with Gasteiger partial charge >= 0.3 is 0 Å². The third-order valence-electron chi connectivity index (χ3n) is 2.15. The third kappa shape index (κ3) is 3.70. The fourth-order valence-corrected chi connectivity index (χ4v) is 1.53. The lowest BCUT2D eigenvalue weighted by molar-refractivity contribution is 0.775. The molecule has 0 saturated heterocycles. The van der Waals surface area contributed by atoms with Crippen molar-refractivity contribution in [2.24, 2.45) is 10.8 Å². The smallest absolute Gasteiger partial charge is 0.184 e. The van der Waals surface area contributed by atoms with Crippen molar-refractivity contribution in [2.45, 2.75) is 6.42 Å². The van der Waals surface area contributed by atoms with E-state index in [2.05, 4.69) is 38.3 Å². The fourth-order valence-electron chi connectivity index (χ4n) is 1.35. The normalized spacial score (nSPS) is 10.8. The van der Waals surface area contributed by atoms with Crippen molar-refractivity contribution >= 4 is 35.1 Å². The maximum atomic E-state index is 5.83. The summed E-state index contributed by atoms with van der Waals surface area (Å²) in [7, 11) is 0. The molecule has 0 spiro atoms. The molecule has 19 heavy (non-hydrogen) atoms. The van der Waals surface area contributed by atoms with Crippen molar-refractivity contribution in [3.63, 3.8) is 0 Å². The molecule has 0 unspecified atom stereocenters. The van der Waals surface area contributed by atoms with E-state index < -0.39 is 0 Å². The number of halogens is 1. The highest BCUT2D eigenvalue weighted by atomic mass is 35.5. The van der Waals surface area contributed by atoms with Crippen LogP contribution in [0, 0.1) is 0 Å². The van der Waals surface area contributed by atoms with E-state index in [1.165, 1.54) is 0 Å². The second-order valence-electron chi connectivity index (χ2n) is 3.48. The molecular weight excluding hydrogens is 286 g/mol. The molecule has 1 aromatic heterocycles. The maximum absolute atomic E-state index is 5.83. The summed E-state index contributed by atoms with van der Waals surface area (Å²) in [5.74, 6) is 0.635. The Morgan fingerprint density at radius 2 is 2.21 bits per heavy atom. The van der Waals surface area contributed by atoms with Crippen LogP contribution >= 0.6 is 23.8 Å². The molecular formula is C10H10ClN7S. The van der Waals surface area contributed by atoms with Gasteiger partial charge in [0, 0.05) is 17.7 Å². The highest BCUT2D eigenvalue weighted by molar-refractivity contribution is 7.80. The quantitative estimate of drug-likeness (QED) is 0.489. The molecule has 3 N–H and O–H groups in total. The predicted octanol–water partition coefficient (Wildman–Crippen LogP) is 0.677. The van der Waals surface area contributed by atoms with Crippen LogP contribution in [0.1, 0.15) is 5.82 Å². The molecule has 1 aromatic carbocycles. The minimum Gasteiger partial charge on any atom is -0.375 e. The fraction of sp³-hybridized carbons (Fsp3) is 0.100. The number of aromatic nitrogens is 4. The van der Waals surface area contributed by atoms with Crippen molar-refractivity contribution in [1.29, 1.82) is 0 Å². The van der Waals surface area contributed by atoms with E-state index in [0.717, 1.165) is 5.69 Å². The van der Waals surface area contributed by atoms with Crippen LogP contribution in [0.15, 0.2) is 29.4 Å². The minimum absolute atomic E-state index is 0.105. The number of hydrazone groups is 1. The average Bonchev–Trinajstić information content (AvgIpc) is 2.84. The topological polar surface area (TPSA) is 94.0 Å². The van der Waals surface area contributed by atoms with Crippen LogP contribution in [0.5, 0.6) is 0 Å². The first-order valence-corrected chi connectivity index (χ1v) is 6.05. The largest absolute Gasteiger partial charge is 0.375 e. The maximum Gasteiger partial charge on any atom is 0.184 e. The van der Waals surface area contributed by atoms with Crippen molar-refractivity contribution in [3.05, 3.63) is 35.1 Å². The van der Waals surface area contributed by atoms with Gasteiger partial charge in [0.25, 0.3) is 0 Å². The molecule has 0 aliphatic carbocycles. The molecule has 2 rings (SSSR count). The first-order chi connectivity index (χ1) is 9.16. The van der Waals surface area contributed by atoms with Crippen molar-refractivity contribution in [2.75, 3.05) is 0 Å². The monoisotopic (exact) mass is 295 g/mol. The van der Waals surface area contributed by atoms with Gasteiger partial charge in [-0.25, -0.2) is 0 Å². The summed E-state index contributed by atoms with van der Waals surface area (Å²) in [6.07, 6.45) is 2.02. The number of nitrogens with zero attached hydrogens (tertiary/aromatic N) is 5. The van der Waals surface area contributed by atoms with Crippen molar-refractivity contribution < 1.29 is 0 Å². The van der Waals surface area contributed by atoms with Crippen molar-refractivity contribution in [1.82, 2.24) is 25.6 Å². The molecule has 0 aliphatic heterocycles. The summed E-state index contributed by atoms with van der Waals surface area (Å²) in [6, 6.07) is 7.19. The number of hydrogen-bond acceptors (Lipinski definition) is 5.